The van der Waals surface area contributed by atoms with Gasteiger partial charge >= 0.3 is 7.12 Å². The van der Waals surface area contributed by atoms with E-state index in [1.807, 2.05) is 46.2 Å². The molecule has 32 heavy (non-hydrogen) atoms. The maximum atomic E-state index is 9.86. The van der Waals surface area contributed by atoms with Crippen molar-refractivity contribution in [2.75, 3.05) is 29.4 Å². The zero-order valence-electron chi connectivity index (χ0n) is 19.8. The first-order valence-electron chi connectivity index (χ1n) is 11.2. The zero-order valence-corrected chi connectivity index (χ0v) is 19.8. The van der Waals surface area contributed by atoms with Gasteiger partial charge in [-0.25, -0.2) is 15.0 Å². The molecule has 0 aromatic carbocycles. The summed E-state index contributed by atoms with van der Waals surface area (Å²) in [5.74, 6) is 1.44. The van der Waals surface area contributed by atoms with E-state index >= 15 is 0 Å². The number of piperazine rings is 1. The summed E-state index contributed by atoms with van der Waals surface area (Å²) in [6, 6.07) is 4.32. The highest BCUT2D eigenvalue weighted by Gasteiger charge is 2.52. The Morgan fingerprint density at radius 1 is 1.09 bits per heavy atom. The van der Waals surface area contributed by atoms with Gasteiger partial charge in [0, 0.05) is 49.7 Å². The fourth-order valence-corrected chi connectivity index (χ4v) is 4.04. The van der Waals surface area contributed by atoms with Crippen LogP contribution in [0.25, 0.3) is 0 Å². The average Bonchev–Trinajstić information content (AvgIpc) is 3.00. The maximum absolute atomic E-state index is 9.86. The van der Waals surface area contributed by atoms with E-state index in [9.17, 15) is 5.26 Å². The fourth-order valence-electron chi connectivity index (χ4n) is 4.04. The van der Waals surface area contributed by atoms with E-state index in [4.69, 9.17) is 9.31 Å². The van der Waals surface area contributed by atoms with Gasteiger partial charge in [-0.2, -0.15) is 5.26 Å². The number of pyridine rings is 1. The Bertz CT molecular complexity index is 1000. The van der Waals surface area contributed by atoms with Crippen LogP contribution in [0.3, 0.4) is 0 Å². The van der Waals surface area contributed by atoms with Gasteiger partial charge in [0.1, 0.15) is 11.9 Å². The van der Waals surface area contributed by atoms with Crippen LogP contribution < -0.4 is 15.3 Å². The third-order valence-electron chi connectivity index (χ3n) is 6.82. The van der Waals surface area contributed by atoms with Gasteiger partial charge in [-0.05, 0) is 52.7 Å². The van der Waals surface area contributed by atoms with Gasteiger partial charge in [0.25, 0.3) is 0 Å². The van der Waals surface area contributed by atoms with Crippen LogP contribution >= 0.6 is 0 Å². The smallest absolute Gasteiger partial charge is 0.399 e. The van der Waals surface area contributed by atoms with Crippen molar-refractivity contribution >= 4 is 24.3 Å². The number of nitrogens with zero attached hydrogens (tertiary/aromatic N) is 6. The Balaban J connectivity index is 1.51. The largest absolute Gasteiger partial charge is 0.496 e. The second-order valence-corrected chi connectivity index (χ2v) is 9.57. The molecule has 0 bridgehead atoms. The van der Waals surface area contributed by atoms with Crippen molar-refractivity contribution in [3.8, 4) is 6.07 Å². The van der Waals surface area contributed by atoms with Crippen LogP contribution in [0.1, 0.15) is 52.7 Å². The summed E-state index contributed by atoms with van der Waals surface area (Å²) in [4.78, 5) is 18.1. The van der Waals surface area contributed by atoms with Crippen molar-refractivity contribution in [2.24, 2.45) is 0 Å². The second-order valence-electron chi connectivity index (χ2n) is 9.57. The lowest BCUT2D eigenvalue weighted by Crippen LogP contribution is -2.53. The topological polar surface area (TPSA) is 87.4 Å². The minimum Gasteiger partial charge on any atom is -0.399 e. The van der Waals surface area contributed by atoms with Crippen molar-refractivity contribution in [1.29, 1.82) is 5.26 Å². The number of rotatable bonds is 4. The summed E-state index contributed by atoms with van der Waals surface area (Å²) in [6.45, 7) is 14.5. The van der Waals surface area contributed by atoms with E-state index in [2.05, 4.69) is 44.7 Å². The van der Waals surface area contributed by atoms with Crippen LogP contribution in [0.15, 0.2) is 24.7 Å². The second kappa shape index (κ2) is 8.34. The molecule has 0 aliphatic carbocycles. The third kappa shape index (κ3) is 4.05. The summed E-state index contributed by atoms with van der Waals surface area (Å²) in [7, 11) is -0.536. The molecule has 4 rings (SSSR count). The summed E-state index contributed by atoms with van der Waals surface area (Å²) in [6.07, 6.45) is 6.48. The molecule has 8 nitrogen and oxygen atoms in total. The zero-order chi connectivity index (χ0) is 23.1. The van der Waals surface area contributed by atoms with Gasteiger partial charge in [-0.1, -0.05) is 6.92 Å². The molecule has 9 heteroatoms. The molecule has 1 atom stereocenters. The highest BCUT2D eigenvalue weighted by molar-refractivity contribution is 6.62. The lowest BCUT2D eigenvalue weighted by molar-refractivity contribution is 0.00578. The van der Waals surface area contributed by atoms with Crippen molar-refractivity contribution in [2.45, 2.75) is 65.2 Å². The predicted octanol–water partition coefficient (Wildman–Crippen LogP) is 2.32. The molecule has 2 fully saturated rings. The van der Waals surface area contributed by atoms with Crippen molar-refractivity contribution in [3.63, 3.8) is 0 Å². The normalized spacial score (nSPS) is 22.2. The molecule has 0 amide bonds. The van der Waals surface area contributed by atoms with Crippen LogP contribution in [0, 0.1) is 11.3 Å². The van der Waals surface area contributed by atoms with Gasteiger partial charge in [0.05, 0.1) is 16.8 Å². The number of hydrogen-bond acceptors (Lipinski definition) is 8. The van der Waals surface area contributed by atoms with Crippen LogP contribution in [0.4, 0.5) is 11.8 Å². The van der Waals surface area contributed by atoms with E-state index in [0.29, 0.717) is 11.4 Å². The van der Waals surface area contributed by atoms with Gasteiger partial charge < -0.3 is 19.1 Å². The predicted molar refractivity (Wildman–Crippen MR) is 125 cm³/mol. The minimum atomic E-state index is -0.536. The molecule has 0 N–H and O–H groups in total. The van der Waals surface area contributed by atoms with E-state index < -0.39 is 18.3 Å². The molecule has 0 spiro atoms. The molecule has 0 saturated carbocycles. The molecule has 2 aliphatic rings. The van der Waals surface area contributed by atoms with E-state index in [1.54, 1.807) is 6.20 Å². The average molecular weight is 434 g/mol. The van der Waals surface area contributed by atoms with E-state index in [-0.39, 0.29) is 6.04 Å². The monoisotopic (exact) mass is 434 g/mol. The SMILES string of the molecule is CCc1cnc(N2CCN(c3ncc(B4OC(C)(C)C(C)(C)O4)cc3C#N)[C@@H](C)C2)nc1. The van der Waals surface area contributed by atoms with Crippen molar-refractivity contribution in [3.05, 3.63) is 35.8 Å². The summed E-state index contributed by atoms with van der Waals surface area (Å²) in [5.41, 5.74) is 1.54. The third-order valence-corrected chi connectivity index (χ3v) is 6.82. The van der Waals surface area contributed by atoms with Crippen LogP contribution in [-0.2, 0) is 15.7 Å². The standard InChI is InChI=1S/C23H31BN6O2/c1-7-17-12-27-21(28-13-17)29-8-9-30(16(2)15-29)20-18(11-25)10-19(14-26-20)24-31-22(3,4)23(5,6)32-24/h10,12-14,16H,7-9,15H2,1-6H3/t16-/m0/s1. The molecular formula is C23H31BN6O2. The Kier molecular flexibility index (Phi) is 5.86. The molecule has 2 aliphatic heterocycles. The molecule has 0 radical (unpaired) electrons. The number of aromatic nitrogens is 3. The maximum Gasteiger partial charge on any atom is 0.496 e. The minimum absolute atomic E-state index is 0.153. The molecule has 0 unspecified atom stereocenters. The van der Waals surface area contributed by atoms with E-state index in [0.717, 1.165) is 43.0 Å². The summed E-state index contributed by atoms with van der Waals surface area (Å²) in [5, 5.41) is 9.86. The first-order chi connectivity index (χ1) is 15.1. The number of anilines is 2. The van der Waals surface area contributed by atoms with Gasteiger partial charge in [0.2, 0.25) is 5.95 Å². The van der Waals surface area contributed by atoms with Crippen molar-refractivity contribution in [1.82, 2.24) is 15.0 Å². The number of nitriles is 1. The van der Waals surface area contributed by atoms with Crippen LogP contribution in [-0.4, -0.2) is 58.9 Å². The summed E-state index contributed by atoms with van der Waals surface area (Å²) >= 11 is 0. The Morgan fingerprint density at radius 3 is 2.31 bits per heavy atom. The van der Waals surface area contributed by atoms with Gasteiger partial charge in [-0.15, -0.1) is 0 Å². The molecule has 2 aromatic rings. The fraction of sp³-hybridized carbons (Fsp3) is 0.565. The lowest BCUT2D eigenvalue weighted by Gasteiger charge is -2.40. The molecule has 2 aromatic heterocycles. The Morgan fingerprint density at radius 2 is 1.75 bits per heavy atom. The van der Waals surface area contributed by atoms with Gasteiger partial charge in [-0.3, -0.25) is 0 Å². The quantitative estimate of drug-likeness (QED) is 0.678. The first-order valence-corrected chi connectivity index (χ1v) is 11.2. The van der Waals surface area contributed by atoms with Gasteiger partial charge in [0.15, 0.2) is 0 Å². The Hall–Kier alpha value is -2.70. The molecule has 168 valence electrons. The van der Waals surface area contributed by atoms with E-state index in [1.165, 1.54) is 0 Å². The van der Waals surface area contributed by atoms with Crippen LogP contribution in [0.5, 0.6) is 0 Å². The van der Waals surface area contributed by atoms with Crippen LogP contribution in [0.2, 0.25) is 0 Å². The van der Waals surface area contributed by atoms with Crippen molar-refractivity contribution < 1.29 is 9.31 Å². The highest BCUT2D eigenvalue weighted by atomic mass is 16.7. The Labute approximate surface area is 190 Å². The lowest BCUT2D eigenvalue weighted by atomic mass is 9.79. The highest BCUT2D eigenvalue weighted by Crippen LogP contribution is 2.36. The summed E-state index contributed by atoms with van der Waals surface area (Å²) < 4.78 is 12.3. The first kappa shape index (κ1) is 22.5. The number of aryl methyl sites for hydroxylation is 1. The molecule has 2 saturated heterocycles. The molecular weight excluding hydrogens is 403 g/mol. The molecule has 4 heterocycles. The number of hydrogen-bond donors (Lipinski definition) is 0.